The van der Waals surface area contributed by atoms with Gasteiger partial charge in [0.15, 0.2) is 5.60 Å². The van der Waals surface area contributed by atoms with Gasteiger partial charge in [0, 0.05) is 23.4 Å². The first-order valence-corrected chi connectivity index (χ1v) is 10.2. The average Bonchev–Trinajstić information content (AvgIpc) is 3.39. The lowest BCUT2D eigenvalue weighted by Crippen LogP contribution is -2.54. The van der Waals surface area contributed by atoms with Crippen LogP contribution in [0.15, 0.2) is 47.2 Å². The molecule has 0 radical (unpaired) electrons. The second-order valence-corrected chi connectivity index (χ2v) is 8.29. The number of hydrogen-bond donors (Lipinski definition) is 2. The molecule has 4 aromatic rings. The molecule has 8 nitrogen and oxygen atoms in total. The number of aliphatic hydroxyl groups is 1. The molecule has 1 saturated carbocycles. The number of hydrogen-bond acceptors (Lipinski definition) is 6. The second-order valence-electron chi connectivity index (χ2n) is 8.29. The number of nitrogens with one attached hydrogen (secondary N) is 1. The van der Waals surface area contributed by atoms with E-state index in [2.05, 4.69) is 20.4 Å². The predicted octanol–water partition coefficient (Wildman–Crippen LogP) is 4.25. The number of alkyl halides is 3. The van der Waals surface area contributed by atoms with Crippen molar-refractivity contribution >= 4 is 17.2 Å². The number of anilines is 1. The van der Waals surface area contributed by atoms with E-state index in [0.29, 0.717) is 16.9 Å². The van der Waals surface area contributed by atoms with E-state index in [4.69, 9.17) is 4.52 Å². The lowest BCUT2D eigenvalue weighted by atomic mass is 9.70. The topological polar surface area (TPSA) is 106 Å². The van der Waals surface area contributed by atoms with Gasteiger partial charge in [-0.3, -0.25) is 9.20 Å². The Bertz CT molecular complexity index is 1410. The number of aromatic nitrogens is 4. The van der Waals surface area contributed by atoms with Crippen LogP contribution in [0.5, 0.6) is 0 Å². The van der Waals surface area contributed by atoms with Crippen molar-refractivity contribution in [1.82, 2.24) is 19.5 Å². The van der Waals surface area contributed by atoms with Crippen LogP contribution in [0.2, 0.25) is 0 Å². The van der Waals surface area contributed by atoms with Crippen molar-refractivity contribution in [2.75, 3.05) is 5.32 Å². The lowest BCUT2D eigenvalue weighted by molar-refractivity contribution is -0.292. The quantitative estimate of drug-likeness (QED) is 0.428. The van der Waals surface area contributed by atoms with Gasteiger partial charge in [0.05, 0.1) is 6.20 Å². The molecule has 12 heteroatoms. The number of nitrogens with zero attached hydrogens (tertiary/aromatic N) is 4. The van der Waals surface area contributed by atoms with Crippen molar-refractivity contribution in [3.63, 3.8) is 0 Å². The summed E-state index contributed by atoms with van der Waals surface area (Å²) in [5.41, 5.74) is -0.599. The van der Waals surface area contributed by atoms with Crippen LogP contribution < -0.4 is 5.32 Å². The van der Waals surface area contributed by atoms with Crippen LogP contribution in [0.4, 0.5) is 23.2 Å². The Morgan fingerprint density at radius 3 is 2.76 bits per heavy atom. The van der Waals surface area contributed by atoms with E-state index in [-0.39, 0.29) is 17.4 Å². The van der Waals surface area contributed by atoms with Crippen molar-refractivity contribution < 1.29 is 32.0 Å². The van der Waals surface area contributed by atoms with Gasteiger partial charge in [-0.1, -0.05) is 17.3 Å². The summed E-state index contributed by atoms with van der Waals surface area (Å²) in [7, 11) is 0. The summed E-state index contributed by atoms with van der Waals surface area (Å²) in [6.07, 6.45) is -3.33. The Morgan fingerprint density at radius 2 is 2.03 bits per heavy atom. The molecule has 0 spiro atoms. The standard InChI is InChI=1S/C22H17F4N5O3/c1-11-2-3-12(18-29-20(34-30-18)13-7-21(33,8-13)22(24,25)26)6-15(11)28-19(32)16-9-27-17-5-4-14(23)10-31(16)17/h2-6,9-10,13,33H,7-8H2,1H3,(H,28,32). The molecule has 0 saturated heterocycles. The van der Waals surface area contributed by atoms with Gasteiger partial charge in [0.2, 0.25) is 11.7 Å². The molecule has 1 amide bonds. The number of amides is 1. The summed E-state index contributed by atoms with van der Waals surface area (Å²) < 4.78 is 58.7. The van der Waals surface area contributed by atoms with Crippen LogP contribution in [0, 0.1) is 12.7 Å². The monoisotopic (exact) mass is 475 g/mol. The number of halogens is 4. The maximum Gasteiger partial charge on any atom is 0.417 e. The molecule has 1 aromatic carbocycles. The lowest BCUT2D eigenvalue weighted by Gasteiger charge is -2.42. The summed E-state index contributed by atoms with van der Waals surface area (Å²) in [6, 6.07) is 7.67. The first kappa shape index (κ1) is 22.0. The Balaban J connectivity index is 1.36. The molecule has 0 aliphatic heterocycles. The van der Waals surface area contributed by atoms with Gasteiger partial charge in [-0.2, -0.15) is 18.2 Å². The molecule has 3 heterocycles. The zero-order valence-corrected chi connectivity index (χ0v) is 17.6. The number of pyridine rings is 1. The molecule has 1 aliphatic carbocycles. The van der Waals surface area contributed by atoms with Crippen LogP contribution in [-0.4, -0.2) is 42.3 Å². The molecule has 2 N–H and O–H groups in total. The van der Waals surface area contributed by atoms with Crippen LogP contribution in [0.1, 0.15) is 40.7 Å². The third kappa shape index (κ3) is 3.69. The average molecular weight is 475 g/mol. The highest BCUT2D eigenvalue weighted by Crippen LogP contribution is 2.52. The number of aryl methyl sites for hydroxylation is 1. The Hall–Kier alpha value is -3.80. The van der Waals surface area contributed by atoms with Crippen molar-refractivity contribution in [3.8, 4) is 11.4 Å². The fraction of sp³-hybridized carbons (Fsp3) is 0.273. The van der Waals surface area contributed by atoms with E-state index < -0.39 is 42.3 Å². The second kappa shape index (κ2) is 7.62. The van der Waals surface area contributed by atoms with Gasteiger partial charge in [-0.25, -0.2) is 9.37 Å². The summed E-state index contributed by atoms with van der Waals surface area (Å²) >= 11 is 0. The van der Waals surface area contributed by atoms with E-state index in [9.17, 15) is 27.5 Å². The highest BCUT2D eigenvalue weighted by atomic mass is 19.4. The number of carbonyl (C=O) groups is 1. The van der Waals surface area contributed by atoms with Gasteiger partial charge in [0.1, 0.15) is 17.2 Å². The van der Waals surface area contributed by atoms with E-state index in [1.165, 1.54) is 22.7 Å². The Morgan fingerprint density at radius 1 is 1.26 bits per heavy atom. The van der Waals surface area contributed by atoms with Crippen LogP contribution in [0.25, 0.3) is 17.0 Å². The molecule has 5 rings (SSSR count). The summed E-state index contributed by atoms with van der Waals surface area (Å²) in [5.74, 6) is -1.61. The maximum absolute atomic E-state index is 13.6. The highest BCUT2D eigenvalue weighted by Gasteiger charge is 2.62. The van der Waals surface area contributed by atoms with Crippen molar-refractivity contribution in [1.29, 1.82) is 0 Å². The minimum absolute atomic E-state index is 0.00263. The number of fused-ring (bicyclic) bond motifs is 1. The fourth-order valence-electron chi connectivity index (χ4n) is 3.88. The normalized spacial score (nSPS) is 20.4. The smallest absolute Gasteiger partial charge is 0.380 e. The van der Waals surface area contributed by atoms with E-state index in [1.54, 1.807) is 25.1 Å². The zero-order valence-electron chi connectivity index (χ0n) is 17.6. The molecular weight excluding hydrogens is 458 g/mol. The maximum atomic E-state index is 13.6. The molecule has 34 heavy (non-hydrogen) atoms. The molecule has 176 valence electrons. The highest BCUT2D eigenvalue weighted by molar-refractivity contribution is 6.04. The molecule has 1 fully saturated rings. The predicted molar refractivity (Wildman–Crippen MR) is 111 cm³/mol. The van der Waals surface area contributed by atoms with Gasteiger partial charge < -0.3 is 14.9 Å². The molecule has 1 aliphatic rings. The zero-order chi connectivity index (χ0) is 24.3. The summed E-state index contributed by atoms with van der Waals surface area (Å²) in [4.78, 5) is 21.1. The largest absolute Gasteiger partial charge is 0.417 e. The van der Waals surface area contributed by atoms with Crippen molar-refractivity contribution in [2.24, 2.45) is 0 Å². The fourth-order valence-corrected chi connectivity index (χ4v) is 3.88. The first-order chi connectivity index (χ1) is 16.0. The SMILES string of the molecule is Cc1ccc(-c2noc(C3CC(O)(C(F)(F)F)C3)n2)cc1NC(=O)c1cnc2ccc(F)cn12. The molecular formula is C22H17F4N5O3. The summed E-state index contributed by atoms with van der Waals surface area (Å²) in [5, 5.41) is 16.2. The molecule has 0 unspecified atom stereocenters. The van der Waals surface area contributed by atoms with Gasteiger partial charge in [-0.15, -0.1) is 0 Å². The van der Waals surface area contributed by atoms with Crippen molar-refractivity contribution in [3.05, 3.63) is 65.7 Å². The van der Waals surface area contributed by atoms with Crippen molar-refractivity contribution in [2.45, 2.75) is 37.5 Å². The minimum atomic E-state index is -4.72. The van der Waals surface area contributed by atoms with Gasteiger partial charge in [-0.05, 0) is 43.5 Å². The number of carbonyl (C=O) groups excluding carboxylic acids is 1. The van der Waals surface area contributed by atoms with Crippen LogP contribution in [0.3, 0.4) is 0 Å². The van der Waals surface area contributed by atoms with E-state index >= 15 is 0 Å². The number of imidazole rings is 1. The van der Waals surface area contributed by atoms with Crippen LogP contribution in [-0.2, 0) is 0 Å². The molecule has 0 atom stereocenters. The number of benzene rings is 1. The van der Waals surface area contributed by atoms with Gasteiger partial charge in [0.25, 0.3) is 5.91 Å². The van der Waals surface area contributed by atoms with Crippen LogP contribution >= 0.6 is 0 Å². The minimum Gasteiger partial charge on any atom is -0.380 e. The Labute approximate surface area is 189 Å². The number of rotatable bonds is 4. The molecule has 3 aromatic heterocycles. The van der Waals surface area contributed by atoms with E-state index in [1.807, 2.05) is 0 Å². The molecule has 0 bridgehead atoms. The third-order valence-electron chi connectivity index (χ3n) is 5.93. The Kier molecular flexibility index (Phi) is 4.93. The van der Waals surface area contributed by atoms with Gasteiger partial charge >= 0.3 is 6.18 Å². The van der Waals surface area contributed by atoms with E-state index in [0.717, 1.165) is 11.8 Å². The third-order valence-corrected chi connectivity index (χ3v) is 5.93. The summed E-state index contributed by atoms with van der Waals surface area (Å²) in [6.45, 7) is 1.77. The first-order valence-electron chi connectivity index (χ1n) is 10.2.